The molecule has 0 bridgehead atoms. The number of nitriles is 1. The zero-order chi connectivity index (χ0) is 28.2. The molecule has 0 spiro atoms. The third-order valence-corrected chi connectivity index (χ3v) is 8.34. The lowest BCUT2D eigenvalue weighted by Gasteiger charge is -2.42. The molecule has 0 aliphatic carbocycles. The van der Waals surface area contributed by atoms with E-state index in [0.717, 1.165) is 44.5 Å². The summed E-state index contributed by atoms with van der Waals surface area (Å²) in [7, 11) is 1.75. The van der Waals surface area contributed by atoms with Gasteiger partial charge in [-0.2, -0.15) is 5.26 Å². The summed E-state index contributed by atoms with van der Waals surface area (Å²) in [6, 6.07) is 11.2. The normalized spacial score (nSPS) is 14.6. The lowest BCUT2D eigenvalue weighted by molar-refractivity contribution is 0.185. The van der Waals surface area contributed by atoms with Crippen molar-refractivity contribution in [3.8, 4) is 23.1 Å². The molecule has 2 N–H and O–H groups in total. The van der Waals surface area contributed by atoms with Crippen LogP contribution < -0.4 is 15.8 Å². The molecule has 2 aromatic carbocycles. The van der Waals surface area contributed by atoms with Gasteiger partial charge < -0.3 is 15.6 Å². The van der Waals surface area contributed by atoms with Crippen LogP contribution in [0.3, 0.4) is 0 Å². The monoisotopic (exact) mass is 548 g/mol. The maximum Gasteiger partial charge on any atom is 0.279 e. The largest absolute Gasteiger partial charge is 0.388 e. The van der Waals surface area contributed by atoms with Crippen molar-refractivity contribution in [2.75, 3.05) is 30.4 Å². The predicted octanol–water partition coefficient (Wildman–Crippen LogP) is 6.79. The van der Waals surface area contributed by atoms with Gasteiger partial charge in [0.05, 0.1) is 11.3 Å². The number of rotatable bonds is 9. The molecule has 39 heavy (non-hydrogen) atoms. The minimum Gasteiger partial charge on any atom is -0.388 e. The SMILES string of the molecule is CCCCC1(CC)CCN(c2nc(-c3ccc(C#N)c(F)c3)n(-c3ccc(NC)c(C=N)c3)c(=O)c2Cl)CC1. The third kappa shape index (κ3) is 5.55. The van der Waals surface area contributed by atoms with Crippen molar-refractivity contribution in [2.24, 2.45) is 5.41 Å². The Hall–Kier alpha value is -3.70. The number of halogens is 2. The van der Waals surface area contributed by atoms with Crippen LogP contribution in [-0.2, 0) is 0 Å². The van der Waals surface area contributed by atoms with Gasteiger partial charge in [0.25, 0.3) is 5.56 Å². The second-order valence-electron chi connectivity index (χ2n) is 10.1. The first-order valence-electron chi connectivity index (χ1n) is 13.4. The third-order valence-electron chi connectivity index (χ3n) is 8.01. The van der Waals surface area contributed by atoms with E-state index in [2.05, 4.69) is 24.1 Å². The number of anilines is 2. The van der Waals surface area contributed by atoms with Gasteiger partial charge in [-0.1, -0.05) is 44.7 Å². The Balaban J connectivity index is 1.86. The summed E-state index contributed by atoms with van der Waals surface area (Å²) in [6.45, 7) is 5.91. The number of piperidine rings is 1. The molecular formula is C30H34ClFN6O. The Kier molecular flexibility index (Phi) is 8.71. The van der Waals surface area contributed by atoms with E-state index < -0.39 is 11.4 Å². The number of unbranched alkanes of at least 4 members (excludes halogenated alkanes) is 1. The van der Waals surface area contributed by atoms with Gasteiger partial charge in [-0.05, 0) is 61.1 Å². The van der Waals surface area contributed by atoms with Crippen LogP contribution in [0.4, 0.5) is 15.9 Å². The molecule has 3 aromatic rings. The number of benzene rings is 2. The van der Waals surface area contributed by atoms with Crippen LogP contribution in [0.1, 0.15) is 63.5 Å². The highest BCUT2D eigenvalue weighted by molar-refractivity contribution is 6.32. The number of nitrogens with one attached hydrogen (secondary N) is 2. The summed E-state index contributed by atoms with van der Waals surface area (Å²) in [4.78, 5) is 20.8. The quantitative estimate of drug-likeness (QED) is 0.287. The van der Waals surface area contributed by atoms with Crippen molar-refractivity contribution in [2.45, 2.75) is 52.4 Å². The van der Waals surface area contributed by atoms with E-state index >= 15 is 0 Å². The zero-order valence-corrected chi connectivity index (χ0v) is 23.4. The summed E-state index contributed by atoms with van der Waals surface area (Å²) in [5.74, 6) is -0.0918. The Morgan fingerprint density at radius 3 is 2.56 bits per heavy atom. The van der Waals surface area contributed by atoms with Gasteiger partial charge in [0, 0.05) is 43.2 Å². The smallest absolute Gasteiger partial charge is 0.279 e. The van der Waals surface area contributed by atoms with E-state index in [1.807, 2.05) is 6.07 Å². The molecule has 7 nitrogen and oxygen atoms in total. The number of hydrogen-bond donors (Lipinski definition) is 2. The van der Waals surface area contributed by atoms with Crippen molar-refractivity contribution in [3.63, 3.8) is 0 Å². The molecule has 1 fully saturated rings. The van der Waals surface area contributed by atoms with Crippen LogP contribution in [0.25, 0.3) is 17.1 Å². The van der Waals surface area contributed by atoms with Crippen molar-refractivity contribution in [1.82, 2.24) is 9.55 Å². The highest BCUT2D eigenvalue weighted by Gasteiger charge is 2.34. The number of hydrogen-bond acceptors (Lipinski definition) is 6. The minimum absolute atomic E-state index is 0.000445. The van der Waals surface area contributed by atoms with Crippen LogP contribution in [0, 0.1) is 28.0 Å². The predicted molar refractivity (Wildman–Crippen MR) is 156 cm³/mol. The van der Waals surface area contributed by atoms with Crippen LogP contribution in [-0.4, -0.2) is 35.9 Å². The van der Waals surface area contributed by atoms with Gasteiger partial charge in [-0.25, -0.2) is 9.37 Å². The second-order valence-corrected chi connectivity index (χ2v) is 10.5. The molecule has 4 rings (SSSR count). The van der Waals surface area contributed by atoms with Gasteiger partial charge in [0.15, 0.2) is 5.82 Å². The molecule has 1 aliphatic rings. The fourth-order valence-electron chi connectivity index (χ4n) is 5.44. The second kappa shape index (κ2) is 12.0. The Bertz CT molecular complexity index is 1470. The molecule has 0 amide bonds. The number of aromatic nitrogens is 2. The summed E-state index contributed by atoms with van der Waals surface area (Å²) < 4.78 is 16.1. The summed E-state index contributed by atoms with van der Waals surface area (Å²) >= 11 is 6.73. The van der Waals surface area contributed by atoms with Crippen LogP contribution >= 0.6 is 11.6 Å². The van der Waals surface area contributed by atoms with Crippen LogP contribution in [0.5, 0.6) is 0 Å². The average molecular weight is 549 g/mol. The van der Waals surface area contributed by atoms with Crippen LogP contribution in [0.2, 0.25) is 5.02 Å². The van der Waals surface area contributed by atoms with Gasteiger partial charge in [-0.15, -0.1) is 0 Å². The molecule has 0 radical (unpaired) electrons. The topological polar surface area (TPSA) is 97.8 Å². The molecular weight excluding hydrogens is 515 g/mol. The standard InChI is InChI=1S/C30H34ClFN6O/c1-4-6-11-30(5-2)12-14-37(15-13-30)28-26(31)29(39)38(23-9-10-25(35-3)22(16-23)19-34)27(36-28)20-7-8-21(18-33)24(32)17-20/h7-10,16-17,19,34-35H,4-6,11-15H2,1-3H3. The Morgan fingerprint density at radius 2 is 1.97 bits per heavy atom. The van der Waals surface area contributed by atoms with E-state index in [-0.39, 0.29) is 21.8 Å². The molecule has 1 aromatic heterocycles. The average Bonchev–Trinajstić information content (AvgIpc) is 2.97. The first kappa shape index (κ1) is 28.3. The highest BCUT2D eigenvalue weighted by Crippen LogP contribution is 2.41. The zero-order valence-electron chi connectivity index (χ0n) is 22.7. The lowest BCUT2D eigenvalue weighted by Crippen LogP contribution is -2.41. The van der Waals surface area contributed by atoms with Gasteiger partial charge in [-0.3, -0.25) is 9.36 Å². The molecule has 0 unspecified atom stereocenters. The van der Waals surface area contributed by atoms with E-state index in [0.29, 0.717) is 22.6 Å². The van der Waals surface area contributed by atoms with Crippen molar-refractivity contribution in [3.05, 3.63) is 68.7 Å². The molecule has 2 heterocycles. The summed E-state index contributed by atoms with van der Waals surface area (Å²) in [5.41, 5.74) is 1.79. The first-order valence-corrected chi connectivity index (χ1v) is 13.8. The van der Waals surface area contributed by atoms with E-state index in [1.165, 1.54) is 35.8 Å². The van der Waals surface area contributed by atoms with E-state index in [1.54, 1.807) is 31.3 Å². The minimum atomic E-state index is -0.695. The number of nitrogens with zero attached hydrogens (tertiary/aromatic N) is 4. The maximum atomic E-state index is 14.7. The Morgan fingerprint density at radius 1 is 1.23 bits per heavy atom. The van der Waals surface area contributed by atoms with E-state index in [9.17, 15) is 14.4 Å². The van der Waals surface area contributed by atoms with Crippen LogP contribution in [0.15, 0.2) is 41.2 Å². The van der Waals surface area contributed by atoms with Gasteiger partial charge in [0.2, 0.25) is 0 Å². The van der Waals surface area contributed by atoms with Gasteiger partial charge in [0.1, 0.15) is 22.7 Å². The molecule has 1 saturated heterocycles. The fourth-order valence-corrected chi connectivity index (χ4v) is 5.68. The molecule has 9 heteroatoms. The van der Waals surface area contributed by atoms with Crippen molar-refractivity contribution < 1.29 is 4.39 Å². The first-order chi connectivity index (χ1) is 18.8. The maximum absolute atomic E-state index is 14.7. The molecule has 0 saturated carbocycles. The lowest BCUT2D eigenvalue weighted by atomic mass is 9.72. The van der Waals surface area contributed by atoms with E-state index in [4.69, 9.17) is 22.0 Å². The van der Waals surface area contributed by atoms with Crippen molar-refractivity contribution >= 4 is 29.3 Å². The fraction of sp³-hybridized carbons (Fsp3) is 0.400. The highest BCUT2D eigenvalue weighted by atomic mass is 35.5. The summed E-state index contributed by atoms with van der Waals surface area (Å²) in [6.07, 6.45) is 7.82. The Labute approximate surface area is 233 Å². The molecule has 0 atom stereocenters. The molecule has 204 valence electrons. The van der Waals surface area contributed by atoms with Gasteiger partial charge >= 0.3 is 0 Å². The summed E-state index contributed by atoms with van der Waals surface area (Å²) in [5, 5.41) is 20.1. The molecule has 1 aliphatic heterocycles. The van der Waals surface area contributed by atoms with Crippen molar-refractivity contribution in [1.29, 1.82) is 10.7 Å².